The van der Waals surface area contributed by atoms with Gasteiger partial charge in [-0.05, 0) is 49.4 Å². The highest BCUT2D eigenvalue weighted by atomic mass is 19.1. The first-order valence-electron chi connectivity index (χ1n) is 10.8. The van der Waals surface area contributed by atoms with Crippen molar-refractivity contribution in [1.82, 2.24) is 14.2 Å². The molecule has 0 atom stereocenters. The monoisotopic (exact) mass is 469 g/mol. The van der Waals surface area contributed by atoms with Crippen LogP contribution in [0, 0.1) is 12.7 Å². The average molecular weight is 469 g/mol. The normalized spacial score (nSPS) is 11.5. The molecule has 0 bridgehead atoms. The fourth-order valence-corrected chi connectivity index (χ4v) is 4.08. The van der Waals surface area contributed by atoms with Gasteiger partial charge in [0.25, 0.3) is 5.56 Å². The summed E-state index contributed by atoms with van der Waals surface area (Å²) in [4.78, 5) is 40.7. The predicted molar refractivity (Wildman–Crippen MR) is 134 cm³/mol. The Morgan fingerprint density at radius 3 is 2.46 bits per heavy atom. The third-order valence-corrected chi connectivity index (χ3v) is 5.80. The van der Waals surface area contributed by atoms with Crippen LogP contribution in [0.5, 0.6) is 0 Å². The number of anilines is 1. The second-order valence-electron chi connectivity index (χ2n) is 7.99. The first-order chi connectivity index (χ1) is 16.9. The van der Waals surface area contributed by atoms with Gasteiger partial charge in [-0.25, -0.2) is 9.18 Å². The fraction of sp³-hybridized carbons (Fsp3) is 0.0769. The molecule has 0 aliphatic heterocycles. The van der Waals surface area contributed by atoms with Gasteiger partial charge in [0.1, 0.15) is 12.4 Å². The van der Waals surface area contributed by atoms with E-state index >= 15 is 0 Å². The molecule has 3 aromatic carbocycles. The molecule has 9 heteroatoms. The Morgan fingerprint density at radius 2 is 1.69 bits per heavy atom. The largest absolute Gasteiger partial charge is 0.349 e. The van der Waals surface area contributed by atoms with Gasteiger partial charge < -0.3 is 14.9 Å². The van der Waals surface area contributed by atoms with Crippen molar-refractivity contribution in [3.8, 4) is 0 Å². The van der Waals surface area contributed by atoms with E-state index in [1.54, 1.807) is 24.3 Å². The maximum atomic E-state index is 13.2. The standard InChI is InChI=1S/C26H20FN5O3/c1-16-21(14-28-32-25(34)20-7-2-4-8-22(20)30-26(32)35)19-6-3-5-9-23(19)31(16)15-24(33)29-18-12-10-17(27)11-13-18/h2-14H,15H2,1H3,(H,29,33)(H,30,35). The molecule has 5 aromatic rings. The number of amides is 1. The Morgan fingerprint density at radius 1 is 1.00 bits per heavy atom. The van der Waals surface area contributed by atoms with Crippen molar-refractivity contribution in [3.63, 3.8) is 0 Å². The molecule has 1 amide bonds. The number of halogens is 1. The smallest absolute Gasteiger partial charge is 0.335 e. The Hall–Kier alpha value is -4.79. The zero-order valence-electron chi connectivity index (χ0n) is 18.7. The van der Waals surface area contributed by atoms with E-state index in [1.165, 1.54) is 30.5 Å². The molecule has 0 saturated carbocycles. The molecule has 8 nitrogen and oxygen atoms in total. The topological polar surface area (TPSA) is 101 Å². The molecule has 0 aliphatic rings. The van der Waals surface area contributed by atoms with Crippen LogP contribution in [-0.2, 0) is 11.3 Å². The SMILES string of the molecule is Cc1c(C=Nn2c(=O)[nH]c3ccccc3c2=O)c2ccccc2n1CC(=O)Nc1ccc(F)cc1. The number of para-hydroxylation sites is 2. The van der Waals surface area contributed by atoms with Crippen LogP contribution in [-0.4, -0.2) is 26.3 Å². The second kappa shape index (κ2) is 8.86. The van der Waals surface area contributed by atoms with E-state index in [0.29, 0.717) is 22.2 Å². The first-order valence-corrected chi connectivity index (χ1v) is 10.8. The van der Waals surface area contributed by atoms with Crippen molar-refractivity contribution in [2.75, 3.05) is 5.32 Å². The molecule has 2 N–H and O–H groups in total. The van der Waals surface area contributed by atoms with Crippen molar-refractivity contribution in [2.45, 2.75) is 13.5 Å². The van der Waals surface area contributed by atoms with Gasteiger partial charge in [0.2, 0.25) is 5.91 Å². The fourth-order valence-electron chi connectivity index (χ4n) is 4.08. The molecule has 35 heavy (non-hydrogen) atoms. The summed E-state index contributed by atoms with van der Waals surface area (Å²) >= 11 is 0. The van der Waals surface area contributed by atoms with Gasteiger partial charge in [-0.2, -0.15) is 5.10 Å². The number of carbonyl (C=O) groups is 1. The van der Waals surface area contributed by atoms with Crippen LogP contribution in [0.25, 0.3) is 21.8 Å². The quantitative estimate of drug-likeness (QED) is 0.385. The lowest BCUT2D eigenvalue weighted by molar-refractivity contribution is -0.116. The number of H-pyrrole nitrogens is 1. The number of benzene rings is 3. The first kappa shape index (κ1) is 22.0. The van der Waals surface area contributed by atoms with Crippen molar-refractivity contribution in [3.05, 3.63) is 111 Å². The van der Waals surface area contributed by atoms with E-state index in [-0.39, 0.29) is 18.3 Å². The third kappa shape index (κ3) is 4.15. The molecular weight excluding hydrogens is 449 g/mol. The summed E-state index contributed by atoms with van der Waals surface area (Å²) in [5.74, 6) is -0.672. The van der Waals surface area contributed by atoms with E-state index in [0.717, 1.165) is 21.3 Å². The molecule has 0 spiro atoms. The number of carbonyl (C=O) groups excluding carboxylic acids is 1. The number of hydrogen-bond donors (Lipinski definition) is 2. The zero-order chi connectivity index (χ0) is 24.5. The summed E-state index contributed by atoms with van der Waals surface area (Å²) in [6.07, 6.45) is 1.46. The minimum absolute atomic E-state index is 0.00801. The maximum Gasteiger partial charge on any atom is 0.349 e. The Kier molecular flexibility index (Phi) is 5.58. The molecule has 5 rings (SSSR count). The lowest BCUT2D eigenvalue weighted by atomic mass is 10.1. The summed E-state index contributed by atoms with van der Waals surface area (Å²) in [5, 5.41) is 8.11. The molecule has 2 heterocycles. The summed E-state index contributed by atoms with van der Waals surface area (Å²) in [5.41, 5.74) is 1.95. The lowest BCUT2D eigenvalue weighted by Gasteiger charge is -2.09. The number of nitrogens with one attached hydrogen (secondary N) is 2. The van der Waals surface area contributed by atoms with Crippen LogP contribution in [0.1, 0.15) is 11.3 Å². The van der Waals surface area contributed by atoms with Crippen molar-refractivity contribution >= 4 is 39.6 Å². The van der Waals surface area contributed by atoms with E-state index in [9.17, 15) is 18.8 Å². The third-order valence-electron chi connectivity index (χ3n) is 5.80. The minimum atomic E-state index is -0.648. The Labute approximate surface area is 198 Å². The van der Waals surface area contributed by atoms with Crippen LogP contribution in [0.2, 0.25) is 0 Å². The van der Waals surface area contributed by atoms with Crippen molar-refractivity contribution in [2.24, 2.45) is 5.10 Å². The van der Waals surface area contributed by atoms with Gasteiger partial charge in [0.05, 0.1) is 17.1 Å². The predicted octanol–water partition coefficient (Wildman–Crippen LogP) is 3.61. The summed E-state index contributed by atoms with van der Waals surface area (Å²) in [7, 11) is 0. The van der Waals surface area contributed by atoms with Crippen molar-refractivity contribution < 1.29 is 9.18 Å². The minimum Gasteiger partial charge on any atom is -0.335 e. The molecule has 0 unspecified atom stereocenters. The van der Waals surface area contributed by atoms with Crippen LogP contribution < -0.4 is 16.6 Å². The second-order valence-corrected chi connectivity index (χ2v) is 7.99. The highest BCUT2D eigenvalue weighted by molar-refractivity contribution is 6.02. The molecule has 2 aromatic heterocycles. The van der Waals surface area contributed by atoms with E-state index in [2.05, 4.69) is 15.4 Å². The van der Waals surface area contributed by atoms with Gasteiger partial charge in [0.15, 0.2) is 0 Å². The summed E-state index contributed by atoms with van der Waals surface area (Å²) < 4.78 is 15.8. The maximum absolute atomic E-state index is 13.2. The van der Waals surface area contributed by atoms with Crippen molar-refractivity contribution in [1.29, 1.82) is 0 Å². The summed E-state index contributed by atoms with van der Waals surface area (Å²) in [6, 6.07) is 19.7. The molecule has 0 radical (unpaired) electrons. The molecular formula is C26H20FN5O3. The number of nitrogens with zero attached hydrogens (tertiary/aromatic N) is 3. The van der Waals surface area contributed by atoms with Gasteiger partial charge >= 0.3 is 5.69 Å². The van der Waals surface area contributed by atoms with Crippen LogP contribution >= 0.6 is 0 Å². The van der Waals surface area contributed by atoms with Gasteiger partial charge in [-0.15, -0.1) is 4.68 Å². The molecule has 0 saturated heterocycles. The number of aromatic amines is 1. The number of hydrogen-bond acceptors (Lipinski definition) is 4. The van der Waals surface area contributed by atoms with Gasteiger partial charge in [0, 0.05) is 27.8 Å². The molecule has 0 aliphatic carbocycles. The van der Waals surface area contributed by atoms with Gasteiger partial charge in [-0.3, -0.25) is 9.59 Å². The van der Waals surface area contributed by atoms with Crippen LogP contribution in [0.15, 0.2) is 87.5 Å². The lowest BCUT2D eigenvalue weighted by Crippen LogP contribution is -2.32. The average Bonchev–Trinajstić information content (AvgIpc) is 3.11. The number of fused-ring (bicyclic) bond motifs is 2. The molecule has 174 valence electrons. The highest BCUT2D eigenvalue weighted by Gasteiger charge is 2.15. The number of rotatable bonds is 5. The zero-order valence-corrected chi connectivity index (χ0v) is 18.7. The molecule has 0 fully saturated rings. The highest BCUT2D eigenvalue weighted by Crippen LogP contribution is 2.25. The Balaban J connectivity index is 1.52. The Bertz CT molecular complexity index is 1730. The van der Waals surface area contributed by atoms with E-state index < -0.39 is 11.2 Å². The van der Waals surface area contributed by atoms with Crippen LogP contribution in [0.4, 0.5) is 10.1 Å². The van der Waals surface area contributed by atoms with Crippen LogP contribution in [0.3, 0.4) is 0 Å². The van der Waals surface area contributed by atoms with E-state index in [4.69, 9.17) is 0 Å². The van der Waals surface area contributed by atoms with E-state index in [1.807, 2.05) is 35.8 Å². The van der Waals surface area contributed by atoms with Gasteiger partial charge in [-0.1, -0.05) is 30.3 Å². The number of aromatic nitrogens is 3. The summed E-state index contributed by atoms with van der Waals surface area (Å²) in [6.45, 7) is 1.84.